The van der Waals surface area contributed by atoms with E-state index < -0.39 is 12.0 Å². The van der Waals surface area contributed by atoms with Crippen molar-refractivity contribution < 1.29 is 14.7 Å². The number of thioether (sulfide) groups is 1. The van der Waals surface area contributed by atoms with E-state index in [0.29, 0.717) is 18.6 Å². The third kappa shape index (κ3) is 4.23. The van der Waals surface area contributed by atoms with Crippen LogP contribution in [-0.2, 0) is 15.3 Å². The zero-order valence-electron chi connectivity index (χ0n) is 11.5. The van der Waals surface area contributed by atoms with Gasteiger partial charge in [-0.15, -0.1) is 0 Å². The van der Waals surface area contributed by atoms with E-state index in [-0.39, 0.29) is 0 Å². The first-order chi connectivity index (χ1) is 10.2. The number of carboxylic acid groups (broad SMARTS) is 1. The van der Waals surface area contributed by atoms with Gasteiger partial charge in [-0.1, -0.05) is 42.5 Å². The predicted octanol–water partition coefficient (Wildman–Crippen LogP) is 2.66. The molecule has 21 heavy (non-hydrogen) atoms. The fourth-order valence-corrected chi connectivity index (χ4v) is 3.18. The first-order valence-corrected chi connectivity index (χ1v) is 7.84. The number of fused-ring (bicyclic) bond motifs is 1. The van der Waals surface area contributed by atoms with Crippen molar-refractivity contribution in [3.8, 4) is 0 Å². The zero-order chi connectivity index (χ0) is 15.1. The SMILES string of the molecule is O=CNC(CCSCc1cccc2ccccc12)C(=O)O. The average molecular weight is 303 g/mol. The van der Waals surface area contributed by atoms with Crippen LogP contribution in [0.1, 0.15) is 12.0 Å². The van der Waals surface area contributed by atoms with Gasteiger partial charge in [0.1, 0.15) is 6.04 Å². The molecule has 2 rings (SSSR count). The average Bonchev–Trinajstić information content (AvgIpc) is 2.50. The topological polar surface area (TPSA) is 66.4 Å². The van der Waals surface area contributed by atoms with Gasteiger partial charge in [0, 0.05) is 5.75 Å². The molecule has 0 saturated carbocycles. The van der Waals surface area contributed by atoms with Gasteiger partial charge < -0.3 is 10.4 Å². The van der Waals surface area contributed by atoms with Crippen LogP contribution in [0.25, 0.3) is 10.8 Å². The highest BCUT2D eigenvalue weighted by molar-refractivity contribution is 7.98. The first kappa shape index (κ1) is 15.4. The smallest absolute Gasteiger partial charge is 0.326 e. The summed E-state index contributed by atoms with van der Waals surface area (Å²) in [5, 5.41) is 13.7. The number of nitrogens with one attached hydrogen (secondary N) is 1. The molecule has 1 unspecified atom stereocenters. The molecular formula is C16H17NO3S. The van der Waals surface area contributed by atoms with Gasteiger partial charge in [-0.25, -0.2) is 4.79 Å². The molecule has 5 heteroatoms. The number of hydrogen-bond acceptors (Lipinski definition) is 3. The molecule has 2 aromatic rings. The van der Waals surface area contributed by atoms with E-state index >= 15 is 0 Å². The molecular weight excluding hydrogens is 286 g/mol. The van der Waals surface area contributed by atoms with Crippen LogP contribution in [0.2, 0.25) is 0 Å². The van der Waals surface area contributed by atoms with E-state index in [1.807, 2.05) is 18.2 Å². The predicted molar refractivity (Wildman–Crippen MR) is 85.4 cm³/mol. The van der Waals surface area contributed by atoms with E-state index in [9.17, 15) is 9.59 Å². The highest BCUT2D eigenvalue weighted by atomic mass is 32.2. The summed E-state index contributed by atoms with van der Waals surface area (Å²) in [7, 11) is 0. The summed E-state index contributed by atoms with van der Waals surface area (Å²) >= 11 is 1.67. The van der Waals surface area contributed by atoms with Crippen molar-refractivity contribution in [2.24, 2.45) is 0 Å². The number of aliphatic carboxylic acids is 1. The molecule has 0 bridgehead atoms. The standard InChI is InChI=1S/C16H17NO3S/c18-11-17-15(16(19)20)8-9-21-10-13-6-3-5-12-4-1-2-7-14(12)13/h1-7,11,15H,8-10H2,(H,17,18)(H,19,20). The van der Waals surface area contributed by atoms with Crippen molar-refractivity contribution >= 4 is 34.9 Å². The molecule has 2 aromatic carbocycles. The number of benzene rings is 2. The Morgan fingerprint density at radius 1 is 1.24 bits per heavy atom. The quantitative estimate of drug-likeness (QED) is 0.581. The lowest BCUT2D eigenvalue weighted by Gasteiger charge is -2.11. The van der Waals surface area contributed by atoms with Crippen LogP contribution in [0.3, 0.4) is 0 Å². The van der Waals surface area contributed by atoms with Crippen molar-refractivity contribution in [3.05, 3.63) is 48.0 Å². The fraction of sp³-hybridized carbons (Fsp3) is 0.250. The van der Waals surface area contributed by atoms with Crippen molar-refractivity contribution in [2.75, 3.05) is 5.75 Å². The molecule has 2 N–H and O–H groups in total. The maximum absolute atomic E-state index is 10.9. The number of carbonyl (C=O) groups is 2. The molecule has 0 aliphatic carbocycles. The summed E-state index contributed by atoms with van der Waals surface area (Å²) in [6, 6.07) is 13.6. The van der Waals surface area contributed by atoms with Gasteiger partial charge in [-0.3, -0.25) is 4.79 Å². The Kier molecular flexibility index (Phi) is 5.63. The molecule has 0 aromatic heterocycles. The van der Waals surface area contributed by atoms with E-state index in [4.69, 9.17) is 5.11 Å². The lowest BCUT2D eigenvalue weighted by molar-refractivity contribution is -0.140. The molecule has 1 atom stereocenters. The second-order valence-corrected chi connectivity index (χ2v) is 5.76. The van der Waals surface area contributed by atoms with Crippen LogP contribution in [-0.4, -0.2) is 29.3 Å². The third-order valence-corrected chi connectivity index (χ3v) is 4.30. The van der Waals surface area contributed by atoms with E-state index in [2.05, 4.69) is 29.6 Å². The number of rotatable bonds is 8. The van der Waals surface area contributed by atoms with Crippen molar-refractivity contribution in [3.63, 3.8) is 0 Å². The van der Waals surface area contributed by atoms with Gasteiger partial charge >= 0.3 is 5.97 Å². The molecule has 4 nitrogen and oxygen atoms in total. The molecule has 0 saturated heterocycles. The Hall–Kier alpha value is -2.01. The Labute approximate surface area is 127 Å². The Morgan fingerprint density at radius 3 is 2.76 bits per heavy atom. The largest absolute Gasteiger partial charge is 0.480 e. The van der Waals surface area contributed by atoms with Crippen LogP contribution in [0.15, 0.2) is 42.5 Å². The summed E-state index contributed by atoms with van der Waals surface area (Å²) in [6.07, 6.45) is 0.859. The normalized spacial score (nSPS) is 12.0. The van der Waals surface area contributed by atoms with E-state index in [1.165, 1.54) is 16.3 Å². The maximum atomic E-state index is 10.9. The minimum atomic E-state index is -0.993. The molecule has 0 radical (unpaired) electrons. The summed E-state index contributed by atoms with van der Waals surface area (Å²) in [5.41, 5.74) is 1.24. The van der Waals surface area contributed by atoms with Gasteiger partial charge in [-0.2, -0.15) is 11.8 Å². The lowest BCUT2D eigenvalue weighted by atomic mass is 10.1. The molecule has 0 fully saturated rings. The van der Waals surface area contributed by atoms with Crippen molar-refractivity contribution in [1.29, 1.82) is 0 Å². The number of carbonyl (C=O) groups excluding carboxylic acids is 1. The highest BCUT2D eigenvalue weighted by Crippen LogP contribution is 2.23. The van der Waals surface area contributed by atoms with Crippen molar-refractivity contribution in [2.45, 2.75) is 18.2 Å². The van der Waals surface area contributed by atoms with Crippen LogP contribution in [0, 0.1) is 0 Å². The second-order valence-electron chi connectivity index (χ2n) is 4.65. The third-order valence-electron chi connectivity index (χ3n) is 3.26. The van der Waals surface area contributed by atoms with Gasteiger partial charge in [0.05, 0.1) is 0 Å². The van der Waals surface area contributed by atoms with Gasteiger partial charge in [0.15, 0.2) is 0 Å². The monoisotopic (exact) mass is 303 g/mol. The van der Waals surface area contributed by atoms with Crippen LogP contribution in [0.4, 0.5) is 0 Å². The summed E-state index contributed by atoms with van der Waals surface area (Å²) in [6.45, 7) is 0. The van der Waals surface area contributed by atoms with Gasteiger partial charge in [-0.05, 0) is 28.5 Å². The highest BCUT2D eigenvalue weighted by Gasteiger charge is 2.15. The van der Waals surface area contributed by atoms with Gasteiger partial charge in [0.2, 0.25) is 6.41 Å². The van der Waals surface area contributed by atoms with E-state index in [1.54, 1.807) is 11.8 Å². The Morgan fingerprint density at radius 2 is 2.00 bits per heavy atom. The minimum Gasteiger partial charge on any atom is -0.480 e. The fourth-order valence-electron chi connectivity index (χ4n) is 2.16. The molecule has 110 valence electrons. The summed E-state index contributed by atoms with van der Waals surface area (Å²) < 4.78 is 0. The van der Waals surface area contributed by atoms with Crippen LogP contribution >= 0.6 is 11.8 Å². The number of hydrogen-bond donors (Lipinski definition) is 2. The maximum Gasteiger partial charge on any atom is 0.326 e. The molecule has 0 aliphatic rings. The molecule has 0 aliphatic heterocycles. The van der Waals surface area contributed by atoms with E-state index in [0.717, 1.165) is 5.75 Å². The lowest BCUT2D eigenvalue weighted by Crippen LogP contribution is -2.36. The van der Waals surface area contributed by atoms with Crippen LogP contribution < -0.4 is 5.32 Å². The molecule has 0 spiro atoms. The minimum absolute atomic E-state index is 0.420. The number of amides is 1. The molecule has 1 amide bonds. The summed E-state index contributed by atoms with van der Waals surface area (Å²) in [5.74, 6) is 0.517. The molecule has 0 heterocycles. The summed E-state index contributed by atoms with van der Waals surface area (Å²) in [4.78, 5) is 21.2. The van der Waals surface area contributed by atoms with Gasteiger partial charge in [0.25, 0.3) is 0 Å². The first-order valence-electron chi connectivity index (χ1n) is 6.69. The Balaban J connectivity index is 1.90. The zero-order valence-corrected chi connectivity index (χ0v) is 12.3. The Bertz CT molecular complexity index is 624. The number of carboxylic acids is 1. The van der Waals surface area contributed by atoms with Crippen LogP contribution in [0.5, 0.6) is 0 Å². The second kappa shape index (κ2) is 7.69. The van der Waals surface area contributed by atoms with Crippen molar-refractivity contribution in [1.82, 2.24) is 5.32 Å².